The monoisotopic (exact) mass is 137 g/mol. The maximum absolute atomic E-state index is 11.8. The molecule has 0 bridgehead atoms. The Morgan fingerprint density at radius 3 is 1.89 bits per heavy atom. The maximum atomic E-state index is 11.8. The standard InChI is InChI=1S/C5HF4/c6-2-1-3(7)5(9)4(2)8/h2H. The van der Waals surface area contributed by atoms with E-state index >= 15 is 0 Å². The van der Waals surface area contributed by atoms with Crippen LogP contribution in [0.15, 0.2) is 17.5 Å². The lowest BCUT2D eigenvalue weighted by molar-refractivity contribution is 0.369. The summed E-state index contributed by atoms with van der Waals surface area (Å²) in [6.45, 7) is 0. The van der Waals surface area contributed by atoms with Gasteiger partial charge in [0.15, 0.2) is 23.7 Å². The Hall–Kier alpha value is -0.800. The van der Waals surface area contributed by atoms with Crippen molar-refractivity contribution in [2.75, 3.05) is 0 Å². The predicted octanol–water partition coefficient (Wildman–Crippen LogP) is 2.15. The van der Waals surface area contributed by atoms with E-state index in [0.717, 1.165) is 0 Å². The molecule has 0 spiro atoms. The van der Waals surface area contributed by atoms with Gasteiger partial charge in [-0.05, 0) is 0 Å². The molecular weight excluding hydrogens is 136 g/mol. The summed E-state index contributed by atoms with van der Waals surface area (Å²) in [6, 6.07) is 0. The Labute approximate surface area is 48.5 Å². The molecule has 0 aliphatic heterocycles. The van der Waals surface area contributed by atoms with Crippen molar-refractivity contribution in [2.24, 2.45) is 0 Å². The van der Waals surface area contributed by atoms with Gasteiger partial charge in [-0.25, -0.2) is 17.6 Å². The summed E-state index contributed by atoms with van der Waals surface area (Å²) >= 11 is 0. The highest BCUT2D eigenvalue weighted by Crippen LogP contribution is 2.30. The van der Waals surface area contributed by atoms with Crippen LogP contribution in [0.2, 0.25) is 0 Å². The van der Waals surface area contributed by atoms with Crippen LogP contribution in [0.1, 0.15) is 0 Å². The quantitative estimate of drug-likeness (QED) is 0.448. The number of hydrogen-bond acceptors (Lipinski definition) is 0. The minimum atomic E-state index is -2.36. The molecule has 0 saturated carbocycles. The highest BCUT2D eigenvalue weighted by Gasteiger charge is 2.27. The molecule has 0 aromatic carbocycles. The zero-order chi connectivity index (χ0) is 7.02. The van der Waals surface area contributed by atoms with E-state index in [0.29, 0.717) is 0 Å². The Morgan fingerprint density at radius 2 is 1.78 bits per heavy atom. The van der Waals surface area contributed by atoms with Crippen LogP contribution in [0.25, 0.3) is 0 Å². The van der Waals surface area contributed by atoms with E-state index in [1.807, 2.05) is 0 Å². The van der Waals surface area contributed by atoms with Gasteiger partial charge in [0.25, 0.3) is 0 Å². The lowest BCUT2D eigenvalue weighted by Crippen LogP contribution is -1.90. The van der Waals surface area contributed by atoms with Crippen LogP contribution in [-0.4, -0.2) is 6.17 Å². The molecule has 1 atom stereocenters. The van der Waals surface area contributed by atoms with Crippen LogP contribution in [0, 0.1) is 6.08 Å². The number of hydrogen-bond donors (Lipinski definition) is 0. The third kappa shape index (κ3) is 0.843. The van der Waals surface area contributed by atoms with Crippen molar-refractivity contribution in [3.8, 4) is 0 Å². The second-order valence-electron chi connectivity index (χ2n) is 1.48. The normalized spacial score (nSPS) is 27.1. The molecule has 0 nitrogen and oxygen atoms in total. The SMILES string of the molecule is FC1=[C]C(F)C(F)=C1F. The third-order valence-corrected chi connectivity index (χ3v) is 0.878. The number of alkyl halides is 1. The Bertz CT molecular complexity index is 191. The van der Waals surface area contributed by atoms with Crippen LogP contribution in [-0.2, 0) is 0 Å². The first kappa shape index (κ1) is 6.32. The first-order valence-electron chi connectivity index (χ1n) is 2.11. The number of halogens is 4. The first-order valence-corrected chi connectivity index (χ1v) is 2.11. The molecule has 0 saturated heterocycles. The summed E-state index contributed by atoms with van der Waals surface area (Å²) < 4.78 is 47.0. The van der Waals surface area contributed by atoms with Crippen molar-refractivity contribution in [1.29, 1.82) is 0 Å². The summed E-state index contributed by atoms with van der Waals surface area (Å²) in [7, 11) is 0. The van der Waals surface area contributed by atoms with Gasteiger partial charge in [-0.15, -0.1) is 0 Å². The fraction of sp³-hybridized carbons (Fsp3) is 0.200. The molecular formula is C5HF4. The van der Waals surface area contributed by atoms with Crippen molar-refractivity contribution in [3.63, 3.8) is 0 Å². The molecule has 1 radical (unpaired) electrons. The van der Waals surface area contributed by atoms with E-state index in [4.69, 9.17) is 0 Å². The minimum Gasteiger partial charge on any atom is -0.234 e. The van der Waals surface area contributed by atoms with Gasteiger partial charge >= 0.3 is 0 Å². The predicted molar refractivity (Wildman–Crippen MR) is 22.0 cm³/mol. The maximum Gasteiger partial charge on any atom is 0.194 e. The summed E-state index contributed by atoms with van der Waals surface area (Å²) in [5, 5.41) is 0. The number of rotatable bonds is 0. The summed E-state index contributed by atoms with van der Waals surface area (Å²) in [6.07, 6.45) is -1.08. The summed E-state index contributed by atoms with van der Waals surface area (Å²) in [4.78, 5) is 0. The van der Waals surface area contributed by atoms with Crippen LogP contribution in [0.4, 0.5) is 17.6 Å². The molecule has 1 rings (SSSR count). The average molecular weight is 137 g/mol. The molecule has 4 heteroatoms. The van der Waals surface area contributed by atoms with Crippen molar-refractivity contribution in [2.45, 2.75) is 6.17 Å². The van der Waals surface area contributed by atoms with Crippen LogP contribution in [0.3, 0.4) is 0 Å². The van der Waals surface area contributed by atoms with Crippen LogP contribution >= 0.6 is 0 Å². The molecule has 0 fully saturated rings. The van der Waals surface area contributed by atoms with Gasteiger partial charge in [-0.2, -0.15) is 0 Å². The first-order chi connectivity index (χ1) is 4.13. The van der Waals surface area contributed by atoms with Crippen molar-refractivity contribution in [3.05, 3.63) is 23.6 Å². The van der Waals surface area contributed by atoms with Gasteiger partial charge < -0.3 is 0 Å². The second-order valence-corrected chi connectivity index (χ2v) is 1.48. The van der Waals surface area contributed by atoms with E-state index in [-0.39, 0.29) is 0 Å². The van der Waals surface area contributed by atoms with Crippen LogP contribution in [0.5, 0.6) is 0 Å². The van der Waals surface area contributed by atoms with Gasteiger partial charge in [-0.3, -0.25) is 0 Å². The fourth-order valence-electron chi connectivity index (χ4n) is 0.454. The fourth-order valence-corrected chi connectivity index (χ4v) is 0.454. The minimum absolute atomic E-state index is 1.28. The van der Waals surface area contributed by atoms with E-state index in [1.54, 1.807) is 0 Å². The van der Waals surface area contributed by atoms with Crippen molar-refractivity contribution in [1.82, 2.24) is 0 Å². The van der Waals surface area contributed by atoms with Gasteiger partial charge in [-0.1, -0.05) is 0 Å². The van der Waals surface area contributed by atoms with Crippen molar-refractivity contribution < 1.29 is 17.6 Å². The lowest BCUT2D eigenvalue weighted by atomic mass is 10.4. The van der Waals surface area contributed by atoms with Gasteiger partial charge in [0, 0.05) is 6.08 Å². The number of allylic oxidation sites excluding steroid dienone is 4. The summed E-state index contributed by atoms with van der Waals surface area (Å²) in [5.74, 6) is -5.09. The van der Waals surface area contributed by atoms with Gasteiger partial charge in [0.1, 0.15) is 0 Å². The molecule has 0 amide bonds. The molecule has 0 heterocycles. The summed E-state index contributed by atoms with van der Waals surface area (Å²) in [5.41, 5.74) is 0. The smallest absolute Gasteiger partial charge is 0.194 e. The highest BCUT2D eigenvalue weighted by atomic mass is 19.2. The van der Waals surface area contributed by atoms with E-state index in [9.17, 15) is 17.6 Å². The molecule has 49 valence electrons. The molecule has 1 unspecified atom stereocenters. The van der Waals surface area contributed by atoms with E-state index in [2.05, 4.69) is 0 Å². The molecule has 0 aromatic heterocycles. The zero-order valence-electron chi connectivity index (χ0n) is 4.09. The van der Waals surface area contributed by atoms with Gasteiger partial charge in [0.05, 0.1) is 0 Å². The zero-order valence-corrected chi connectivity index (χ0v) is 4.09. The molecule has 0 N–H and O–H groups in total. The lowest BCUT2D eigenvalue weighted by Gasteiger charge is -1.87. The second kappa shape index (κ2) is 1.86. The highest BCUT2D eigenvalue weighted by molar-refractivity contribution is 5.31. The Balaban J connectivity index is 2.97. The Kier molecular flexibility index (Phi) is 1.31. The van der Waals surface area contributed by atoms with E-state index in [1.165, 1.54) is 6.08 Å². The van der Waals surface area contributed by atoms with Crippen LogP contribution < -0.4 is 0 Å². The largest absolute Gasteiger partial charge is 0.234 e. The molecule has 0 aromatic rings. The Morgan fingerprint density at radius 1 is 1.22 bits per heavy atom. The van der Waals surface area contributed by atoms with Crippen molar-refractivity contribution >= 4 is 0 Å². The molecule has 9 heavy (non-hydrogen) atoms. The third-order valence-electron chi connectivity index (χ3n) is 0.878. The molecule has 1 aliphatic rings. The van der Waals surface area contributed by atoms with Gasteiger partial charge in [0.2, 0.25) is 0 Å². The topological polar surface area (TPSA) is 0 Å². The van der Waals surface area contributed by atoms with E-state index < -0.39 is 23.7 Å². The average Bonchev–Trinajstić information content (AvgIpc) is 1.98. The molecule has 1 aliphatic carbocycles.